The molecule has 2 atom stereocenters. The summed E-state index contributed by atoms with van der Waals surface area (Å²) in [5.74, 6) is -1.83. The van der Waals surface area contributed by atoms with Gasteiger partial charge in [-0.2, -0.15) is 0 Å². The van der Waals surface area contributed by atoms with E-state index >= 15 is 0 Å². The Kier molecular flexibility index (Phi) is 9.00. The molecule has 0 heterocycles. The number of halogens is 1. The van der Waals surface area contributed by atoms with Gasteiger partial charge in [0.1, 0.15) is 23.4 Å². The molecule has 0 fully saturated rings. The molecule has 3 amide bonds. The van der Waals surface area contributed by atoms with E-state index in [0.717, 1.165) is 6.07 Å². The summed E-state index contributed by atoms with van der Waals surface area (Å²) in [6.45, 7) is 7.37. The van der Waals surface area contributed by atoms with Crippen LogP contribution in [0.2, 0.25) is 0 Å². The Hall–Kier alpha value is -3.62. The molecule has 2 aromatic carbocycles. The largest absolute Gasteiger partial charge is 0.494 e. The first-order chi connectivity index (χ1) is 15.2. The Bertz CT molecular complexity index is 933. The van der Waals surface area contributed by atoms with Crippen LogP contribution in [0.5, 0.6) is 11.5 Å². The van der Waals surface area contributed by atoms with Gasteiger partial charge in [-0.25, -0.2) is 4.39 Å². The van der Waals surface area contributed by atoms with Gasteiger partial charge in [0, 0.05) is 0 Å². The quantitative estimate of drug-likeness (QED) is 0.515. The summed E-state index contributed by atoms with van der Waals surface area (Å²) in [5.41, 5.74) is 4.39. The van der Waals surface area contributed by atoms with Crippen molar-refractivity contribution in [2.24, 2.45) is 5.92 Å². The number of carbonyl (C=O) groups is 3. The van der Waals surface area contributed by atoms with Crippen LogP contribution in [0.4, 0.5) is 4.39 Å². The molecule has 0 bridgehead atoms. The lowest BCUT2D eigenvalue weighted by atomic mass is 10.0. The van der Waals surface area contributed by atoms with Crippen molar-refractivity contribution in [1.82, 2.24) is 16.2 Å². The van der Waals surface area contributed by atoms with Crippen molar-refractivity contribution in [2.45, 2.75) is 39.8 Å². The van der Waals surface area contributed by atoms with Gasteiger partial charge >= 0.3 is 0 Å². The minimum absolute atomic E-state index is 0.174. The van der Waals surface area contributed by atoms with Gasteiger partial charge in [0.15, 0.2) is 6.10 Å². The third-order valence-corrected chi connectivity index (χ3v) is 4.48. The first-order valence-electron chi connectivity index (χ1n) is 10.3. The second-order valence-electron chi connectivity index (χ2n) is 7.32. The lowest BCUT2D eigenvalue weighted by molar-refractivity contribution is -0.133. The van der Waals surface area contributed by atoms with E-state index < -0.39 is 35.7 Å². The summed E-state index contributed by atoms with van der Waals surface area (Å²) >= 11 is 0. The van der Waals surface area contributed by atoms with E-state index in [1.165, 1.54) is 25.1 Å². The number of hydrazine groups is 1. The molecule has 0 aromatic heterocycles. The molecule has 0 saturated carbocycles. The number of nitrogens with one attached hydrogen (secondary N) is 3. The summed E-state index contributed by atoms with van der Waals surface area (Å²) in [6.07, 6.45) is -0.904. The summed E-state index contributed by atoms with van der Waals surface area (Å²) in [5, 5.41) is 2.50. The molecular formula is C23H28FN3O5. The van der Waals surface area contributed by atoms with Crippen molar-refractivity contribution < 1.29 is 28.2 Å². The number of amides is 3. The molecule has 3 N–H and O–H groups in total. The molecule has 172 valence electrons. The third-order valence-electron chi connectivity index (χ3n) is 4.48. The highest BCUT2D eigenvalue weighted by Crippen LogP contribution is 2.18. The summed E-state index contributed by atoms with van der Waals surface area (Å²) in [7, 11) is 0. The molecule has 0 unspecified atom stereocenters. The van der Waals surface area contributed by atoms with E-state index in [1.54, 1.807) is 38.1 Å². The predicted molar refractivity (Wildman–Crippen MR) is 116 cm³/mol. The van der Waals surface area contributed by atoms with Crippen molar-refractivity contribution in [2.75, 3.05) is 6.61 Å². The molecule has 0 aliphatic carbocycles. The highest BCUT2D eigenvalue weighted by atomic mass is 19.1. The fraction of sp³-hybridized carbons (Fsp3) is 0.348. The topological polar surface area (TPSA) is 106 Å². The fourth-order valence-electron chi connectivity index (χ4n) is 2.74. The fourth-order valence-corrected chi connectivity index (χ4v) is 2.74. The van der Waals surface area contributed by atoms with Gasteiger partial charge in [-0.3, -0.25) is 25.2 Å². The van der Waals surface area contributed by atoms with Gasteiger partial charge in [-0.1, -0.05) is 26.0 Å². The Morgan fingerprint density at radius 3 is 2.09 bits per heavy atom. The zero-order chi connectivity index (χ0) is 23.7. The smallest absolute Gasteiger partial charge is 0.279 e. The van der Waals surface area contributed by atoms with Crippen LogP contribution in [0.25, 0.3) is 0 Å². The van der Waals surface area contributed by atoms with E-state index in [1.807, 2.05) is 6.92 Å². The zero-order valence-corrected chi connectivity index (χ0v) is 18.5. The molecule has 0 radical (unpaired) electrons. The third kappa shape index (κ3) is 6.97. The monoisotopic (exact) mass is 445 g/mol. The van der Waals surface area contributed by atoms with Gasteiger partial charge < -0.3 is 14.8 Å². The first-order valence-corrected chi connectivity index (χ1v) is 10.3. The van der Waals surface area contributed by atoms with Gasteiger partial charge in [0.2, 0.25) is 0 Å². The molecule has 0 aliphatic rings. The summed E-state index contributed by atoms with van der Waals surface area (Å²) in [6, 6.07) is 11.2. The number of ether oxygens (including phenoxy) is 2. The second-order valence-corrected chi connectivity index (χ2v) is 7.32. The van der Waals surface area contributed by atoms with Crippen molar-refractivity contribution >= 4 is 17.7 Å². The first kappa shape index (κ1) is 24.6. The SMILES string of the molecule is CCOc1ccc(O[C@@H](C)C(=O)NNC(=O)[C@@H](NC(=O)c2ccccc2F)C(C)C)cc1. The summed E-state index contributed by atoms with van der Waals surface area (Å²) < 4.78 is 24.7. The number of benzene rings is 2. The normalized spacial score (nSPS) is 12.4. The minimum Gasteiger partial charge on any atom is -0.494 e. The maximum absolute atomic E-state index is 13.8. The number of rotatable bonds is 9. The van der Waals surface area contributed by atoms with E-state index in [9.17, 15) is 18.8 Å². The molecule has 2 rings (SSSR count). The highest BCUT2D eigenvalue weighted by Gasteiger charge is 2.26. The number of hydrogen-bond acceptors (Lipinski definition) is 5. The van der Waals surface area contributed by atoms with Crippen molar-refractivity contribution in [3.8, 4) is 11.5 Å². The molecule has 9 heteroatoms. The van der Waals surface area contributed by atoms with Crippen LogP contribution in [0.15, 0.2) is 48.5 Å². The molecule has 0 aliphatic heterocycles. The Labute approximate surface area is 186 Å². The van der Waals surface area contributed by atoms with Crippen LogP contribution in [0, 0.1) is 11.7 Å². The summed E-state index contributed by atoms with van der Waals surface area (Å²) in [4.78, 5) is 37.2. The second kappa shape index (κ2) is 11.7. The van der Waals surface area contributed by atoms with Crippen LogP contribution in [-0.2, 0) is 9.59 Å². The van der Waals surface area contributed by atoms with E-state index in [0.29, 0.717) is 18.1 Å². The number of hydrogen-bond donors (Lipinski definition) is 3. The van der Waals surface area contributed by atoms with Gasteiger partial charge in [-0.15, -0.1) is 0 Å². The van der Waals surface area contributed by atoms with Gasteiger partial charge in [0.25, 0.3) is 17.7 Å². The van der Waals surface area contributed by atoms with Crippen LogP contribution in [0.1, 0.15) is 38.1 Å². The molecule has 32 heavy (non-hydrogen) atoms. The Balaban J connectivity index is 1.90. The number of carbonyl (C=O) groups excluding carboxylic acids is 3. The van der Waals surface area contributed by atoms with E-state index in [-0.39, 0.29) is 11.5 Å². The van der Waals surface area contributed by atoms with Gasteiger partial charge in [-0.05, 0) is 56.2 Å². The van der Waals surface area contributed by atoms with Crippen LogP contribution < -0.4 is 25.6 Å². The van der Waals surface area contributed by atoms with Crippen LogP contribution in [-0.4, -0.2) is 36.5 Å². The van der Waals surface area contributed by atoms with Gasteiger partial charge in [0.05, 0.1) is 12.2 Å². The average molecular weight is 445 g/mol. The maximum atomic E-state index is 13.8. The average Bonchev–Trinajstić information content (AvgIpc) is 2.77. The predicted octanol–water partition coefficient (Wildman–Crippen LogP) is 2.59. The van der Waals surface area contributed by atoms with Crippen molar-refractivity contribution in [3.63, 3.8) is 0 Å². The van der Waals surface area contributed by atoms with E-state index in [2.05, 4.69) is 16.2 Å². The minimum atomic E-state index is -0.996. The Morgan fingerprint density at radius 2 is 1.50 bits per heavy atom. The molecule has 0 saturated heterocycles. The lowest BCUT2D eigenvalue weighted by Gasteiger charge is -2.22. The van der Waals surface area contributed by atoms with Crippen molar-refractivity contribution in [1.29, 1.82) is 0 Å². The standard InChI is InChI=1S/C23H28FN3O5/c1-5-31-16-10-12-17(13-11-16)32-15(4)21(28)26-27-23(30)20(14(2)3)25-22(29)18-8-6-7-9-19(18)24/h6-15,20H,5H2,1-4H3,(H,25,29)(H,26,28)(H,27,30)/t15-,20-/m0/s1. The zero-order valence-electron chi connectivity index (χ0n) is 18.5. The van der Waals surface area contributed by atoms with Crippen LogP contribution >= 0.6 is 0 Å². The Morgan fingerprint density at radius 1 is 0.906 bits per heavy atom. The molecule has 2 aromatic rings. The van der Waals surface area contributed by atoms with E-state index in [4.69, 9.17) is 9.47 Å². The molecule has 0 spiro atoms. The van der Waals surface area contributed by atoms with Crippen molar-refractivity contribution in [3.05, 3.63) is 59.9 Å². The highest BCUT2D eigenvalue weighted by molar-refractivity contribution is 5.98. The molecule has 8 nitrogen and oxygen atoms in total. The molecular weight excluding hydrogens is 417 g/mol. The lowest BCUT2D eigenvalue weighted by Crippen LogP contribution is -2.56. The van der Waals surface area contributed by atoms with Crippen LogP contribution in [0.3, 0.4) is 0 Å². The maximum Gasteiger partial charge on any atom is 0.279 e.